The molecule has 0 aromatic carbocycles. The quantitative estimate of drug-likeness (QED) is 0.500. The number of nitrogens with zero attached hydrogens (tertiary/aromatic N) is 4. The molecule has 9 heteroatoms. The van der Waals surface area contributed by atoms with E-state index in [0.29, 0.717) is 11.4 Å². The lowest BCUT2D eigenvalue weighted by Crippen LogP contribution is -2.49. The molecular weight excluding hydrogens is 440 g/mol. The monoisotopic (exact) mass is 472 g/mol. The Hall–Kier alpha value is -2.20. The van der Waals surface area contributed by atoms with Crippen LogP contribution in [0.15, 0.2) is 23.7 Å². The maximum absolute atomic E-state index is 10.6. The summed E-state index contributed by atoms with van der Waals surface area (Å²) in [6, 6.07) is 4.24. The molecule has 32 heavy (non-hydrogen) atoms. The third-order valence-electron chi connectivity index (χ3n) is 5.19. The number of hydrogen-bond donors (Lipinski definition) is 2. The summed E-state index contributed by atoms with van der Waals surface area (Å²) >= 11 is 3.16. The number of nitrogens with one attached hydrogen (secondary N) is 2. The molecule has 7 nitrogen and oxygen atoms in total. The lowest BCUT2D eigenvalue weighted by Gasteiger charge is -2.34. The van der Waals surface area contributed by atoms with Gasteiger partial charge in [-0.1, -0.05) is 13.8 Å². The smallest absolute Gasteiger partial charge is 0.188 e. The van der Waals surface area contributed by atoms with Crippen LogP contribution in [0.2, 0.25) is 0 Å². The number of thiazole rings is 2. The summed E-state index contributed by atoms with van der Waals surface area (Å²) in [6.45, 7) is 12.1. The lowest BCUT2D eigenvalue weighted by atomic mass is 10.0. The standard InChI is InChI=1S/C14H12N4OS2.C9H20N2/c1-8-13(21-9(2)16-8)11-7-20-14(17-11)18-12-4-3-10(6-19)5-15-12;1-8(2)6-9-7-10-4-5-11(9)3/h3-7H,1-2H3,(H,15,17,18);8-10H,4-7H2,1-3H3. The van der Waals surface area contributed by atoms with Crippen molar-refractivity contribution in [3.63, 3.8) is 0 Å². The molecule has 1 fully saturated rings. The lowest BCUT2D eigenvalue weighted by molar-refractivity contribution is 0.112. The van der Waals surface area contributed by atoms with Gasteiger partial charge in [-0.3, -0.25) is 4.79 Å². The van der Waals surface area contributed by atoms with Crippen molar-refractivity contribution in [3.8, 4) is 10.6 Å². The van der Waals surface area contributed by atoms with Crippen LogP contribution in [-0.2, 0) is 0 Å². The minimum atomic E-state index is 0.552. The Kier molecular flexibility index (Phi) is 8.86. The van der Waals surface area contributed by atoms with E-state index in [1.807, 2.05) is 19.2 Å². The molecule has 2 N–H and O–H groups in total. The molecule has 4 heterocycles. The highest BCUT2D eigenvalue weighted by molar-refractivity contribution is 7.16. The highest BCUT2D eigenvalue weighted by Crippen LogP contribution is 2.32. The van der Waals surface area contributed by atoms with Crippen LogP contribution in [0.5, 0.6) is 0 Å². The number of aryl methyl sites for hydroxylation is 2. The van der Waals surface area contributed by atoms with Gasteiger partial charge in [-0.15, -0.1) is 22.7 Å². The number of aromatic nitrogens is 3. The van der Waals surface area contributed by atoms with Gasteiger partial charge in [0.05, 0.1) is 21.3 Å². The van der Waals surface area contributed by atoms with Gasteiger partial charge in [0.2, 0.25) is 0 Å². The second-order valence-electron chi connectivity index (χ2n) is 8.37. The summed E-state index contributed by atoms with van der Waals surface area (Å²) in [7, 11) is 2.23. The fourth-order valence-corrected chi connectivity index (χ4v) is 5.20. The first-order chi connectivity index (χ1) is 15.4. The fraction of sp³-hybridized carbons (Fsp3) is 0.478. The number of piperazine rings is 1. The second-order valence-corrected chi connectivity index (χ2v) is 10.4. The number of hydrogen-bond acceptors (Lipinski definition) is 9. The van der Waals surface area contributed by atoms with Crippen molar-refractivity contribution < 1.29 is 4.79 Å². The van der Waals surface area contributed by atoms with E-state index in [4.69, 9.17) is 0 Å². The number of carbonyl (C=O) groups excluding carboxylic acids is 1. The minimum Gasteiger partial charge on any atom is -0.316 e. The van der Waals surface area contributed by atoms with Crippen LogP contribution in [0.25, 0.3) is 10.6 Å². The number of pyridine rings is 1. The van der Waals surface area contributed by atoms with Gasteiger partial charge < -0.3 is 15.5 Å². The molecular formula is C23H32N6OS2. The van der Waals surface area contributed by atoms with Crippen molar-refractivity contribution in [2.75, 3.05) is 32.0 Å². The van der Waals surface area contributed by atoms with Crippen LogP contribution in [-0.4, -0.2) is 58.9 Å². The third kappa shape index (κ3) is 6.90. The molecule has 1 saturated heterocycles. The molecule has 0 bridgehead atoms. The predicted molar refractivity (Wildman–Crippen MR) is 134 cm³/mol. The summed E-state index contributed by atoms with van der Waals surface area (Å²) in [6.07, 6.45) is 3.62. The number of rotatable bonds is 6. The first-order valence-electron chi connectivity index (χ1n) is 10.8. The van der Waals surface area contributed by atoms with Gasteiger partial charge in [-0.2, -0.15) is 0 Å². The van der Waals surface area contributed by atoms with E-state index in [1.165, 1.54) is 37.0 Å². The normalized spacial score (nSPS) is 16.5. The number of likely N-dealkylation sites (N-methyl/N-ethyl adjacent to an activating group) is 1. The Labute approximate surface area is 198 Å². The number of aldehydes is 1. The third-order valence-corrected chi connectivity index (χ3v) is 7.04. The predicted octanol–water partition coefficient (Wildman–Crippen LogP) is 4.77. The SMILES string of the molecule is CC(C)CC1CNCCN1C.Cc1nc(C)c(-c2csc(Nc3ccc(C=O)cn3)n2)s1. The van der Waals surface area contributed by atoms with Gasteiger partial charge >= 0.3 is 0 Å². The maximum atomic E-state index is 10.6. The molecule has 0 saturated carbocycles. The van der Waals surface area contributed by atoms with E-state index in [-0.39, 0.29) is 0 Å². The van der Waals surface area contributed by atoms with Crippen LogP contribution in [0.4, 0.5) is 10.9 Å². The Morgan fingerprint density at radius 2 is 2.12 bits per heavy atom. The molecule has 1 atom stereocenters. The van der Waals surface area contributed by atoms with Gasteiger partial charge in [0.1, 0.15) is 5.82 Å². The molecule has 0 aliphatic carbocycles. The topological polar surface area (TPSA) is 83.0 Å². The minimum absolute atomic E-state index is 0.552. The highest BCUT2D eigenvalue weighted by atomic mass is 32.1. The molecule has 0 spiro atoms. The van der Waals surface area contributed by atoms with Crippen molar-refractivity contribution >= 4 is 39.9 Å². The van der Waals surface area contributed by atoms with Gasteiger partial charge in [0, 0.05) is 42.8 Å². The zero-order valence-corrected chi connectivity index (χ0v) is 21.0. The average Bonchev–Trinajstić information content (AvgIpc) is 3.36. The average molecular weight is 473 g/mol. The summed E-state index contributed by atoms with van der Waals surface area (Å²) in [5.74, 6) is 1.49. The maximum Gasteiger partial charge on any atom is 0.188 e. The second kappa shape index (κ2) is 11.6. The number of carbonyl (C=O) groups is 1. The van der Waals surface area contributed by atoms with Crippen LogP contribution >= 0.6 is 22.7 Å². The van der Waals surface area contributed by atoms with Crippen molar-refractivity contribution in [1.29, 1.82) is 0 Å². The zero-order valence-electron chi connectivity index (χ0n) is 19.4. The van der Waals surface area contributed by atoms with E-state index in [9.17, 15) is 4.79 Å². The molecule has 3 aromatic rings. The Morgan fingerprint density at radius 3 is 2.72 bits per heavy atom. The molecule has 3 aromatic heterocycles. The van der Waals surface area contributed by atoms with Gasteiger partial charge in [-0.25, -0.2) is 15.0 Å². The summed E-state index contributed by atoms with van der Waals surface area (Å²) in [5.41, 5.74) is 2.48. The first-order valence-corrected chi connectivity index (χ1v) is 12.5. The van der Waals surface area contributed by atoms with E-state index in [2.05, 4.69) is 51.4 Å². The molecule has 0 radical (unpaired) electrons. The van der Waals surface area contributed by atoms with Crippen molar-refractivity contribution in [2.24, 2.45) is 5.92 Å². The van der Waals surface area contributed by atoms with E-state index < -0.39 is 0 Å². The fourth-order valence-electron chi connectivity index (χ4n) is 3.53. The molecule has 1 unspecified atom stereocenters. The van der Waals surface area contributed by atoms with Gasteiger partial charge in [0.15, 0.2) is 11.4 Å². The van der Waals surface area contributed by atoms with Crippen molar-refractivity contribution in [3.05, 3.63) is 40.0 Å². The highest BCUT2D eigenvalue weighted by Gasteiger charge is 2.18. The van der Waals surface area contributed by atoms with Gasteiger partial charge in [0.25, 0.3) is 0 Å². The van der Waals surface area contributed by atoms with Crippen molar-refractivity contribution in [2.45, 2.75) is 40.2 Å². The van der Waals surface area contributed by atoms with Crippen LogP contribution in [0, 0.1) is 19.8 Å². The van der Waals surface area contributed by atoms with Crippen LogP contribution in [0.3, 0.4) is 0 Å². The number of anilines is 2. The van der Waals surface area contributed by atoms with Crippen molar-refractivity contribution in [1.82, 2.24) is 25.2 Å². The Balaban J connectivity index is 0.000000222. The van der Waals surface area contributed by atoms with Crippen LogP contribution < -0.4 is 10.6 Å². The van der Waals surface area contributed by atoms with Gasteiger partial charge in [-0.05, 0) is 45.4 Å². The van der Waals surface area contributed by atoms with Crippen LogP contribution in [0.1, 0.15) is 41.3 Å². The Bertz CT molecular complexity index is 998. The van der Waals surface area contributed by atoms with E-state index in [1.54, 1.807) is 23.5 Å². The molecule has 1 aliphatic rings. The van der Waals surface area contributed by atoms with E-state index >= 15 is 0 Å². The molecule has 1 aliphatic heterocycles. The molecule has 4 rings (SSSR count). The zero-order chi connectivity index (χ0) is 23.1. The summed E-state index contributed by atoms with van der Waals surface area (Å²) in [5, 5.41) is 10.4. The Morgan fingerprint density at radius 1 is 1.31 bits per heavy atom. The largest absolute Gasteiger partial charge is 0.316 e. The molecule has 172 valence electrons. The summed E-state index contributed by atoms with van der Waals surface area (Å²) < 4.78 is 0. The summed E-state index contributed by atoms with van der Waals surface area (Å²) in [4.78, 5) is 27.3. The van der Waals surface area contributed by atoms with E-state index in [0.717, 1.165) is 51.2 Å². The molecule has 0 amide bonds. The first kappa shape index (κ1) is 24.4.